The summed E-state index contributed by atoms with van der Waals surface area (Å²) in [6.07, 6.45) is -5.65. The zero-order valence-corrected chi connectivity index (χ0v) is 28.3. The van der Waals surface area contributed by atoms with Gasteiger partial charge in [-0.3, -0.25) is 14.5 Å². The molecule has 0 spiro atoms. The maximum Gasteiger partial charge on any atom is 0.492 e. The van der Waals surface area contributed by atoms with Crippen LogP contribution in [0.3, 0.4) is 0 Å². The van der Waals surface area contributed by atoms with Crippen molar-refractivity contribution in [2.24, 2.45) is 0 Å². The van der Waals surface area contributed by atoms with Crippen molar-refractivity contribution < 1.29 is 59.4 Å². The summed E-state index contributed by atoms with van der Waals surface area (Å²) in [4.78, 5) is 39.3. The Balaban J connectivity index is 1.36. The number of ether oxygens (including phenoxy) is 3. The number of hydroxylamine groups is 1. The van der Waals surface area contributed by atoms with Crippen molar-refractivity contribution in [1.82, 2.24) is 30.2 Å². The van der Waals surface area contributed by atoms with Crippen molar-refractivity contribution in [2.45, 2.75) is 45.5 Å². The van der Waals surface area contributed by atoms with Crippen molar-refractivity contribution in [3.05, 3.63) is 83.8 Å². The van der Waals surface area contributed by atoms with Gasteiger partial charge in [0.25, 0.3) is 6.43 Å². The zero-order chi connectivity index (χ0) is 39.0. The van der Waals surface area contributed by atoms with Crippen molar-refractivity contribution in [3.63, 3.8) is 0 Å². The Morgan fingerprint density at radius 3 is 2.43 bits per heavy atom. The molecule has 5 aromatic rings. The fourth-order valence-electron chi connectivity index (χ4n) is 4.79. The molecular formula is C34H30F7N7O6. The van der Waals surface area contributed by atoms with Gasteiger partial charge in [0.05, 0.1) is 38.1 Å². The van der Waals surface area contributed by atoms with E-state index in [0.29, 0.717) is 10.9 Å². The smallest absolute Gasteiger partial charge is 0.492 e. The largest absolute Gasteiger partial charge is 0.494 e. The number of pyridine rings is 1. The molecule has 54 heavy (non-hydrogen) atoms. The number of carbonyl (C=O) groups is 2. The van der Waals surface area contributed by atoms with Crippen LogP contribution in [0, 0.1) is 11.6 Å². The Labute approximate surface area is 301 Å². The molecule has 0 amide bonds. The van der Waals surface area contributed by atoms with Crippen molar-refractivity contribution in [2.75, 3.05) is 25.1 Å². The molecule has 286 valence electrons. The molecule has 3 aromatic heterocycles. The lowest BCUT2D eigenvalue weighted by Crippen LogP contribution is -2.40. The van der Waals surface area contributed by atoms with E-state index in [9.17, 15) is 31.5 Å². The number of anilines is 2. The molecule has 0 aliphatic heterocycles. The number of hydrogen-bond donors (Lipinski definition) is 2. The van der Waals surface area contributed by atoms with Gasteiger partial charge in [0, 0.05) is 41.4 Å². The molecule has 0 fully saturated rings. The van der Waals surface area contributed by atoms with E-state index in [2.05, 4.69) is 30.2 Å². The molecule has 3 heterocycles. The van der Waals surface area contributed by atoms with Crippen LogP contribution in [-0.2, 0) is 25.7 Å². The predicted molar refractivity (Wildman–Crippen MR) is 176 cm³/mol. The Morgan fingerprint density at radius 1 is 0.981 bits per heavy atom. The second kappa shape index (κ2) is 17.2. The molecule has 0 aliphatic carbocycles. The number of nitrogens with zero attached hydrogens (tertiary/aromatic N) is 5. The molecule has 2 N–H and O–H groups in total. The summed E-state index contributed by atoms with van der Waals surface area (Å²) < 4.78 is 111. The summed E-state index contributed by atoms with van der Waals surface area (Å²) in [6, 6.07) is 10.1. The van der Waals surface area contributed by atoms with E-state index < -0.39 is 47.9 Å². The lowest BCUT2D eigenvalue weighted by atomic mass is 10.1. The first-order valence-electron chi connectivity index (χ1n) is 16.0. The number of benzene rings is 2. The Bertz CT molecular complexity index is 2090. The molecule has 0 bridgehead atoms. The normalized spacial score (nSPS) is 12.1. The van der Waals surface area contributed by atoms with Gasteiger partial charge >= 0.3 is 18.1 Å². The summed E-state index contributed by atoms with van der Waals surface area (Å²) in [5, 5.41) is 8.00. The highest BCUT2D eigenvalue weighted by Gasteiger charge is 2.42. The Kier molecular flexibility index (Phi) is 12.5. The van der Waals surface area contributed by atoms with E-state index in [0.717, 1.165) is 31.3 Å². The third kappa shape index (κ3) is 9.68. The third-order valence-corrected chi connectivity index (χ3v) is 7.33. The van der Waals surface area contributed by atoms with E-state index in [1.807, 2.05) is 0 Å². The third-order valence-electron chi connectivity index (χ3n) is 7.33. The van der Waals surface area contributed by atoms with Gasteiger partial charge in [0.15, 0.2) is 17.4 Å². The number of halogens is 7. The Morgan fingerprint density at radius 2 is 1.72 bits per heavy atom. The molecular weight excluding hydrogens is 735 g/mol. The van der Waals surface area contributed by atoms with Crippen LogP contribution in [0.25, 0.3) is 22.4 Å². The summed E-state index contributed by atoms with van der Waals surface area (Å²) >= 11 is 0. The number of rotatable bonds is 16. The van der Waals surface area contributed by atoms with E-state index >= 15 is 8.78 Å². The van der Waals surface area contributed by atoms with Crippen LogP contribution >= 0.6 is 0 Å². The van der Waals surface area contributed by atoms with Crippen molar-refractivity contribution in [1.29, 1.82) is 0 Å². The van der Waals surface area contributed by atoms with Gasteiger partial charge in [-0.15, -0.1) is 5.48 Å². The summed E-state index contributed by atoms with van der Waals surface area (Å²) in [5.41, 5.74) is 1.74. The van der Waals surface area contributed by atoms with Crippen LogP contribution < -0.4 is 20.3 Å². The van der Waals surface area contributed by atoms with Gasteiger partial charge < -0.3 is 24.4 Å². The van der Waals surface area contributed by atoms with Crippen LogP contribution in [0.4, 0.5) is 42.2 Å². The number of nitrogens with one attached hydrogen (secondary N) is 2. The number of para-hydroxylation sites is 1. The van der Waals surface area contributed by atoms with Crippen molar-refractivity contribution >= 4 is 34.3 Å². The maximum atomic E-state index is 15.0. The van der Waals surface area contributed by atoms with Gasteiger partial charge in [-0.25, -0.2) is 32.3 Å². The Hall–Kier alpha value is -6.05. The lowest BCUT2D eigenvalue weighted by Gasteiger charge is -2.15. The zero-order valence-electron chi connectivity index (χ0n) is 28.3. The first-order chi connectivity index (χ1) is 25.7. The van der Waals surface area contributed by atoms with Gasteiger partial charge in [0.2, 0.25) is 0 Å². The van der Waals surface area contributed by atoms with E-state index in [-0.39, 0.29) is 72.9 Å². The number of fused-ring (bicyclic) bond motifs is 1. The topological polar surface area (TPSA) is 152 Å². The number of aromatic nitrogens is 5. The van der Waals surface area contributed by atoms with Crippen LogP contribution in [0.5, 0.6) is 11.5 Å². The minimum Gasteiger partial charge on any atom is -0.494 e. The summed E-state index contributed by atoms with van der Waals surface area (Å²) in [7, 11) is 0. The minimum atomic E-state index is -5.26. The van der Waals surface area contributed by atoms with Crippen LogP contribution in [0.15, 0.2) is 60.9 Å². The van der Waals surface area contributed by atoms with Gasteiger partial charge in [-0.2, -0.15) is 18.3 Å². The molecule has 20 heteroatoms. The minimum absolute atomic E-state index is 0.00468. The molecule has 0 aliphatic rings. The highest BCUT2D eigenvalue weighted by molar-refractivity contribution is 5.92. The van der Waals surface area contributed by atoms with E-state index in [1.54, 1.807) is 36.7 Å². The van der Waals surface area contributed by atoms with Crippen LogP contribution in [0.1, 0.15) is 38.0 Å². The lowest BCUT2D eigenvalue weighted by molar-refractivity contribution is -0.209. The van der Waals surface area contributed by atoms with Crippen molar-refractivity contribution in [3.8, 4) is 23.0 Å². The van der Waals surface area contributed by atoms with Gasteiger partial charge in [-0.1, -0.05) is 18.2 Å². The molecule has 2 aromatic carbocycles. The number of hydrogen-bond acceptors (Lipinski definition) is 12. The average Bonchev–Trinajstić information content (AvgIpc) is 3.50. The standard InChI is InChI=1S/C34H30F7N7O6/c1-3-51-20-14-23(35)22(24(36)15-20)17-48-26-8-5-4-7-21(26)28(46-48)31-43-16-27(30(45-31)44-19-9-10-42-25(13-19)29(37)38)52-11-6-12-53-32(49)18(2)47-54-33(50)34(39,40)41/h4-5,7-10,13-16,18,29,47H,3,6,11-12,17H2,1-2H3,(H,42,43,44,45)/t18-/m0/s1. The quantitative estimate of drug-likeness (QED) is 0.0482. The highest BCUT2D eigenvalue weighted by Crippen LogP contribution is 2.33. The first kappa shape index (κ1) is 39.2. The average molecular weight is 766 g/mol. The molecule has 1 atom stereocenters. The molecule has 0 saturated carbocycles. The summed E-state index contributed by atoms with van der Waals surface area (Å²) in [6.45, 7) is 2.32. The van der Waals surface area contributed by atoms with E-state index in [1.165, 1.54) is 16.9 Å². The highest BCUT2D eigenvalue weighted by atomic mass is 19.4. The van der Waals surface area contributed by atoms with E-state index in [4.69, 9.17) is 14.2 Å². The SMILES string of the molecule is CCOc1cc(F)c(Cn2nc(-c3ncc(OCCCOC(=O)[C@H](C)NOC(=O)C(F)(F)F)c(Nc4ccnc(C(F)F)c4)n3)c3ccccc32)c(F)c1. The van der Waals surface area contributed by atoms with Gasteiger partial charge in [0.1, 0.15) is 34.8 Å². The predicted octanol–water partition coefficient (Wildman–Crippen LogP) is 6.61. The second-order valence-corrected chi connectivity index (χ2v) is 11.2. The monoisotopic (exact) mass is 765 g/mol. The molecule has 0 saturated heterocycles. The van der Waals surface area contributed by atoms with Crippen LogP contribution in [0.2, 0.25) is 0 Å². The number of alkyl halides is 5. The van der Waals surface area contributed by atoms with Gasteiger partial charge in [-0.05, 0) is 32.0 Å². The maximum absolute atomic E-state index is 15.0. The number of esters is 1. The fourth-order valence-corrected chi connectivity index (χ4v) is 4.79. The first-order valence-corrected chi connectivity index (χ1v) is 16.0. The van der Waals surface area contributed by atoms with Crippen LogP contribution in [-0.4, -0.2) is 68.7 Å². The summed E-state index contributed by atoms with van der Waals surface area (Å²) in [5.74, 6) is -5.15. The second-order valence-electron chi connectivity index (χ2n) is 11.2. The molecule has 0 unspecified atom stereocenters. The number of carbonyl (C=O) groups excluding carboxylic acids is 2. The molecule has 5 rings (SSSR count). The molecule has 0 radical (unpaired) electrons. The molecule has 13 nitrogen and oxygen atoms in total. The fraction of sp³-hybridized carbons (Fsp3) is 0.294.